The molecule has 0 saturated heterocycles. The first-order valence-electron chi connectivity index (χ1n) is 10.5. The van der Waals surface area contributed by atoms with Gasteiger partial charge in [-0.1, -0.05) is 32.0 Å². The summed E-state index contributed by atoms with van der Waals surface area (Å²) in [5.41, 5.74) is 3.01. The molecule has 1 aliphatic heterocycles. The Labute approximate surface area is 175 Å². The molecule has 2 N–H and O–H groups in total. The van der Waals surface area contributed by atoms with Crippen molar-refractivity contribution in [2.45, 2.75) is 52.5 Å². The summed E-state index contributed by atoms with van der Waals surface area (Å²) in [4.78, 5) is 30.5. The van der Waals surface area contributed by atoms with Crippen molar-refractivity contribution in [2.24, 2.45) is 5.92 Å². The molecule has 3 aromatic rings. The molecular weight excluding hydrogens is 380 g/mol. The van der Waals surface area contributed by atoms with E-state index in [1.54, 1.807) is 6.92 Å². The molecule has 0 spiro atoms. The minimum absolute atomic E-state index is 0.00788. The Hall–Kier alpha value is -3.02. The van der Waals surface area contributed by atoms with Crippen LogP contribution in [0.3, 0.4) is 0 Å². The average molecular weight is 408 g/mol. The minimum atomic E-state index is -0.462. The zero-order chi connectivity index (χ0) is 21.4. The predicted octanol–water partition coefficient (Wildman–Crippen LogP) is 4.24. The molecule has 4 rings (SSSR count). The first kappa shape index (κ1) is 20.3. The number of hydrogen-bond donors (Lipinski definition) is 2. The number of aromatic hydroxyl groups is 1. The van der Waals surface area contributed by atoms with Gasteiger partial charge in [-0.2, -0.15) is 0 Å². The lowest BCUT2D eigenvalue weighted by Crippen LogP contribution is -2.36. The fourth-order valence-electron chi connectivity index (χ4n) is 4.50. The van der Waals surface area contributed by atoms with Crippen molar-refractivity contribution in [3.8, 4) is 5.75 Å². The molecule has 30 heavy (non-hydrogen) atoms. The number of aryl methyl sites for hydroxylation is 1. The second kappa shape index (κ2) is 8.01. The summed E-state index contributed by atoms with van der Waals surface area (Å²) < 4.78 is 5.71. The smallest absolute Gasteiger partial charge is 0.227 e. The Morgan fingerprint density at radius 2 is 2.07 bits per heavy atom. The van der Waals surface area contributed by atoms with Crippen LogP contribution in [0, 0.1) is 12.8 Å². The molecule has 0 aliphatic carbocycles. The first-order chi connectivity index (χ1) is 14.3. The fourth-order valence-corrected chi connectivity index (χ4v) is 4.50. The molecular formula is C24H28N2O4. The second-order valence-electron chi connectivity index (χ2n) is 8.66. The van der Waals surface area contributed by atoms with Crippen molar-refractivity contribution in [3.05, 3.63) is 63.3 Å². The highest BCUT2D eigenvalue weighted by Crippen LogP contribution is 2.34. The molecule has 0 saturated carbocycles. The van der Waals surface area contributed by atoms with E-state index in [0.717, 1.165) is 17.6 Å². The molecule has 0 bridgehead atoms. The highest BCUT2D eigenvalue weighted by molar-refractivity contribution is 5.85. The van der Waals surface area contributed by atoms with Crippen molar-refractivity contribution in [1.29, 1.82) is 0 Å². The predicted molar refractivity (Wildman–Crippen MR) is 116 cm³/mol. The van der Waals surface area contributed by atoms with Gasteiger partial charge in [-0.3, -0.25) is 9.59 Å². The van der Waals surface area contributed by atoms with Crippen molar-refractivity contribution < 1.29 is 14.3 Å². The molecule has 1 aromatic carbocycles. The lowest BCUT2D eigenvalue weighted by Gasteiger charge is -2.29. The van der Waals surface area contributed by atoms with E-state index in [4.69, 9.17) is 4.42 Å². The quantitative estimate of drug-likeness (QED) is 0.661. The molecule has 3 heterocycles. The third-order valence-electron chi connectivity index (χ3n) is 5.86. The summed E-state index contributed by atoms with van der Waals surface area (Å²) in [5.74, 6) is 0.244. The number of carbonyl (C=O) groups excluding carboxylic acids is 1. The van der Waals surface area contributed by atoms with Crippen LogP contribution in [-0.4, -0.2) is 27.4 Å². The molecule has 1 amide bonds. The highest BCUT2D eigenvalue weighted by atomic mass is 16.4. The van der Waals surface area contributed by atoms with Gasteiger partial charge in [-0.25, -0.2) is 0 Å². The maximum Gasteiger partial charge on any atom is 0.227 e. The zero-order valence-electron chi connectivity index (χ0n) is 17.7. The number of aromatic nitrogens is 1. The molecule has 0 fully saturated rings. The van der Waals surface area contributed by atoms with E-state index < -0.39 is 5.43 Å². The van der Waals surface area contributed by atoms with E-state index >= 15 is 0 Å². The highest BCUT2D eigenvalue weighted by Gasteiger charge is 2.29. The lowest BCUT2D eigenvalue weighted by molar-refractivity contribution is -0.132. The number of amides is 1. The average Bonchev–Trinajstić information content (AvgIpc) is 3.07. The van der Waals surface area contributed by atoms with Crippen LogP contribution in [-0.2, 0) is 17.8 Å². The van der Waals surface area contributed by atoms with Crippen LogP contribution >= 0.6 is 0 Å². The maximum absolute atomic E-state index is 13.2. The van der Waals surface area contributed by atoms with E-state index in [9.17, 15) is 14.7 Å². The molecule has 158 valence electrons. The largest absolute Gasteiger partial charge is 0.502 e. The Bertz CT molecular complexity index is 1140. The maximum atomic E-state index is 13.2. The van der Waals surface area contributed by atoms with Gasteiger partial charge in [0.25, 0.3) is 0 Å². The number of benzene rings is 1. The molecule has 6 heteroatoms. The fraction of sp³-hybridized carbons (Fsp3) is 0.417. The Balaban J connectivity index is 1.57. The molecule has 0 radical (unpaired) electrons. The van der Waals surface area contributed by atoms with E-state index in [-0.39, 0.29) is 35.7 Å². The van der Waals surface area contributed by atoms with E-state index in [2.05, 4.69) is 31.0 Å². The molecule has 1 unspecified atom stereocenters. The van der Waals surface area contributed by atoms with Crippen molar-refractivity contribution in [3.63, 3.8) is 0 Å². The number of nitrogens with zero attached hydrogens (tertiary/aromatic N) is 1. The van der Waals surface area contributed by atoms with Gasteiger partial charge >= 0.3 is 0 Å². The summed E-state index contributed by atoms with van der Waals surface area (Å²) in [6, 6.07) is 9.48. The number of carbonyl (C=O) groups is 1. The number of para-hydroxylation sites is 1. The monoisotopic (exact) mass is 408 g/mol. The second-order valence-corrected chi connectivity index (χ2v) is 8.66. The Morgan fingerprint density at radius 1 is 1.30 bits per heavy atom. The summed E-state index contributed by atoms with van der Waals surface area (Å²) in [6.45, 7) is 6.99. The standard InChI is InChI=1S/C24H28N2O4/c1-14(2)10-16(24-23(29)21(27)11-15(3)30-24)12-22(28)26-9-8-18-17-6-4-5-7-19(17)25-20(18)13-26/h4-7,11,14,16,25,29H,8-10,12-13H2,1-3H3. The van der Waals surface area contributed by atoms with Gasteiger partial charge in [0.1, 0.15) is 5.76 Å². The van der Waals surface area contributed by atoms with Crippen molar-refractivity contribution in [2.75, 3.05) is 6.54 Å². The van der Waals surface area contributed by atoms with Gasteiger partial charge in [0, 0.05) is 41.5 Å². The summed E-state index contributed by atoms with van der Waals surface area (Å²) in [6.07, 6.45) is 1.66. The first-order valence-corrected chi connectivity index (χ1v) is 10.5. The van der Waals surface area contributed by atoms with Gasteiger partial charge in [-0.15, -0.1) is 0 Å². The Kier molecular flexibility index (Phi) is 5.41. The number of nitrogens with one attached hydrogen (secondary N) is 1. The molecule has 2 aromatic heterocycles. The van der Waals surface area contributed by atoms with E-state index in [1.165, 1.54) is 17.0 Å². The van der Waals surface area contributed by atoms with Crippen LogP contribution < -0.4 is 5.43 Å². The van der Waals surface area contributed by atoms with E-state index in [0.29, 0.717) is 25.3 Å². The van der Waals surface area contributed by atoms with Gasteiger partial charge in [0.2, 0.25) is 17.1 Å². The van der Waals surface area contributed by atoms with Gasteiger partial charge in [-0.05, 0) is 37.3 Å². The Morgan fingerprint density at radius 3 is 2.83 bits per heavy atom. The van der Waals surface area contributed by atoms with Crippen molar-refractivity contribution in [1.82, 2.24) is 9.88 Å². The zero-order valence-corrected chi connectivity index (χ0v) is 17.7. The van der Waals surface area contributed by atoms with Gasteiger partial charge in [0.15, 0.2) is 5.76 Å². The van der Waals surface area contributed by atoms with E-state index in [1.807, 2.05) is 17.0 Å². The number of fused-ring (bicyclic) bond motifs is 3. The van der Waals surface area contributed by atoms with Crippen LogP contribution in [0.25, 0.3) is 10.9 Å². The van der Waals surface area contributed by atoms with Crippen LogP contribution in [0.4, 0.5) is 0 Å². The topological polar surface area (TPSA) is 86.5 Å². The normalized spacial score (nSPS) is 14.9. The summed E-state index contributed by atoms with van der Waals surface area (Å²) in [5, 5.41) is 11.5. The van der Waals surface area contributed by atoms with Crippen LogP contribution in [0.5, 0.6) is 5.75 Å². The number of hydrogen-bond acceptors (Lipinski definition) is 4. The van der Waals surface area contributed by atoms with Crippen LogP contribution in [0.1, 0.15) is 55.4 Å². The van der Waals surface area contributed by atoms with Crippen LogP contribution in [0.15, 0.2) is 39.5 Å². The lowest BCUT2D eigenvalue weighted by atomic mass is 9.90. The molecule has 6 nitrogen and oxygen atoms in total. The summed E-state index contributed by atoms with van der Waals surface area (Å²) >= 11 is 0. The van der Waals surface area contributed by atoms with Crippen LogP contribution in [0.2, 0.25) is 0 Å². The third kappa shape index (κ3) is 3.86. The summed E-state index contributed by atoms with van der Waals surface area (Å²) in [7, 11) is 0. The minimum Gasteiger partial charge on any atom is -0.502 e. The molecule has 1 aliphatic rings. The number of aromatic amines is 1. The number of rotatable bonds is 5. The van der Waals surface area contributed by atoms with Gasteiger partial charge in [0.05, 0.1) is 6.54 Å². The number of H-pyrrole nitrogens is 1. The van der Waals surface area contributed by atoms with Crippen molar-refractivity contribution >= 4 is 16.8 Å². The SMILES string of the molecule is Cc1cc(=O)c(O)c(C(CC(=O)N2CCc3c([nH]c4ccccc34)C2)CC(C)C)o1. The molecule has 1 atom stereocenters. The third-order valence-corrected chi connectivity index (χ3v) is 5.86. The van der Waals surface area contributed by atoms with Gasteiger partial charge < -0.3 is 19.4 Å².